The lowest BCUT2D eigenvalue weighted by atomic mass is 10.1. The van der Waals surface area contributed by atoms with Gasteiger partial charge in [0.2, 0.25) is 0 Å². The molecule has 0 aliphatic carbocycles. The summed E-state index contributed by atoms with van der Waals surface area (Å²) in [6.45, 7) is 0.221. The second-order valence-corrected chi connectivity index (χ2v) is 3.38. The van der Waals surface area contributed by atoms with Crippen LogP contribution in [-0.4, -0.2) is 11.7 Å². The van der Waals surface area contributed by atoms with E-state index in [1.165, 1.54) is 12.1 Å². The van der Waals surface area contributed by atoms with E-state index >= 15 is 0 Å². The molecule has 1 rings (SSSR count). The number of rotatable bonds is 5. The number of nitrogens with two attached hydrogens (primary N) is 1. The van der Waals surface area contributed by atoms with Crippen LogP contribution in [0.5, 0.6) is 0 Å². The molecular weight excluding hydrogens is 181 g/mol. The van der Waals surface area contributed by atoms with E-state index in [1.807, 2.05) is 0 Å². The Labute approximate surface area is 83.6 Å². The molecule has 1 aromatic carbocycles. The van der Waals surface area contributed by atoms with Crippen molar-refractivity contribution < 1.29 is 9.50 Å². The van der Waals surface area contributed by atoms with Crippen LogP contribution in [0, 0.1) is 5.82 Å². The Morgan fingerprint density at radius 2 is 2.00 bits per heavy atom. The summed E-state index contributed by atoms with van der Waals surface area (Å²) in [5.41, 5.74) is 7.20. The van der Waals surface area contributed by atoms with Gasteiger partial charge in [0.15, 0.2) is 0 Å². The summed E-state index contributed by atoms with van der Waals surface area (Å²) in [5.74, 6) is -0.239. The fourth-order valence-electron chi connectivity index (χ4n) is 1.39. The molecule has 0 aromatic heterocycles. The lowest BCUT2D eigenvalue weighted by Crippen LogP contribution is -1.96. The normalized spacial score (nSPS) is 10.4. The van der Waals surface area contributed by atoms with Crippen molar-refractivity contribution in [3.63, 3.8) is 0 Å². The maximum Gasteiger partial charge on any atom is 0.123 e. The van der Waals surface area contributed by atoms with E-state index in [0.717, 1.165) is 31.2 Å². The molecule has 0 spiro atoms. The highest BCUT2D eigenvalue weighted by molar-refractivity contribution is 5.46. The van der Waals surface area contributed by atoms with E-state index in [-0.39, 0.29) is 12.4 Å². The van der Waals surface area contributed by atoms with Crippen molar-refractivity contribution in [2.24, 2.45) is 0 Å². The van der Waals surface area contributed by atoms with Gasteiger partial charge < -0.3 is 10.8 Å². The van der Waals surface area contributed by atoms with Crippen LogP contribution in [0.1, 0.15) is 24.8 Å². The molecule has 0 unspecified atom stereocenters. The highest BCUT2D eigenvalue weighted by Crippen LogP contribution is 2.16. The number of nitrogen functional groups attached to an aromatic ring is 1. The van der Waals surface area contributed by atoms with Gasteiger partial charge >= 0.3 is 0 Å². The van der Waals surface area contributed by atoms with Crippen molar-refractivity contribution in [2.45, 2.75) is 25.7 Å². The van der Waals surface area contributed by atoms with Gasteiger partial charge in [-0.3, -0.25) is 0 Å². The number of aryl methyl sites for hydroxylation is 1. The fraction of sp³-hybridized carbons (Fsp3) is 0.455. The zero-order chi connectivity index (χ0) is 10.4. The second-order valence-electron chi connectivity index (χ2n) is 3.38. The fourth-order valence-corrected chi connectivity index (χ4v) is 1.39. The molecule has 14 heavy (non-hydrogen) atoms. The van der Waals surface area contributed by atoms with Crippen LogP contribution in [0.15, 0.2) is 18.2 Å². The number of hydrogen-bond acceptors (Lipinski definition) is 2. The van der Waals surface area contributed by atoms with Gasteiger partial charge in [0.25, 0.3) is 0 Å². The lowest BCUT2D eigenvalue weighted by molar-refractivity contribution is 0.283. The Bertz CT molecular complexity index is 289. The Hall–Kier alpha value is -1.09. The van der Waals surface area contributed by atoms with Crippen LogP contribution in [0.4, 0.5) is 10.1 Å². The molecule has 0 aliphatic heterocycles. The molecule has 0 fully saturated rings. The average molecular weight is 197 g/mol. The number of unbranched alkanes of at least 4 members (excludes halogenated alkanes) is 2. The minimum atomic E-state index is -0.239. The van der Waals surface area contributed by atoms with E-state index in [9.17, 15) is 4.39 Å². The monoisotopic (exact) mass is 197 g/mol. The Morgan fingerprint density at radius 1 is 1.21 bits per heavy atom. The van der Waals surface area contributed by atoms with Crippen molar-refractivity contribution in [1.82, 2.24) is 0 Å². The van der Waals surface area contributed by atoms with Crippen molar-refractivity contribution in [2.75, 3.05) is 12.3 Å². The summed E-state index contributed by atoms with van der Waals surface area (Å²) in [6.07, 6.45) is 3.47. The van der Waals surface area contributed by atoms with E-state index < -0.39 is 0 Å². The third-order valence-electron chi connectivity index (χ3n) is 2.21. The van der Waals surface area contributed by atoms with Gasteiger partial charge in [-0.25, -0.2) is 4.39 Å². The lowest BCUT2D eigenvalue weighted by Gasteiger charge is -2.04. The van der Waals surface area contributed by atoms with E-state index in [0.29, 0.717) is 5.69 Å². The summed E-state index contributed by atoms with van der Waals surface area (Å²) >= 11 is 0. The van der Waals surface area contributed by atoms with Crippen LogP contribution < -0.4 is 5.73 Å². The van der Waals surface area contributed by atoms with Gasteiger partial charge in [0.05, 0.1) is 0 Å². The third-order valence-corrected chi connectivity index (χ3v) is 2.21. The van der Waals surface area contributed by atoms with Crippen LogP contribution in [-0.2, 0) is 6.42 Å². The van der Waals surface area contributed by atoms with Crippen molar-refractivity contribution in [3.8, 4) is 0 Å². The molecule has 2 nitrogen and oxygen atoms in total. The molecule has 0 amide bonds. The van der Waals surface area contributed by atoms with Crippen molar-refractivity contribution in [1.29, 1.82) is 0 Å². The summed E-state index contributed by atoms with van der Waals surface area (Å²) in [7, 11) is 0. The molecule has 0 saturated heterocycles. The average Bonchev–Trinajstić information content (AvgIpc) is 2.18. The van der Waals surface area contributed by atoms with E-state index in [2.05, 4.69) is 0 Å². The molecule has 3 heteroatoms. The number of hydrogen-bond donors (Lipinski definition) is 2. The molecule has 0 heterocycles. The van der Waals surface area contributed by atoms with Gasteiger partial charge in [-0.15, -0.1) is 0 Å². The quantitative estimate of drug-likeness (QED) is 0.561. The third kappa shape index (κ3) is 3.34. The Balaban J connectivity index is 2.45. The van der Waals surface area contributed by atoms with Crippen LogP contribution in [0.25, 0.3) is 0 Å². The smallest absolute Gasteiger partial charge is 0.123 e. The number of aliphatic hydroxyl groups excluding tert-OH is 1. The molecular formula is C11H16FNO. The number of halogens is 1. The zero-order valence-corrected chi connectivity index (χ0v) is 8.17. The van der Waals surface area contributed by atoms with Gasteiger partial charge in [-0.05, 0) is 43.0 Å². The highest BCUT2D eigenvalue weighted by Gasteiger charge is 2.00. The Morgan fingerprint density at radius 3 is 2.71 bits per heavy atom. The molecule has 3 N–H and O–H groups in total. The number of aliphatic hydroxyl groups is 1. The zero-order valence-electron chi connectivity index (χ0n) is 8.17. The topological polar surface area (TPSA) is 46.2 Å². The summed E-state index contributed by atoms with van der Waals surface area (Å²) in [4.78, 5) is 0. The van der Waals surface area contributed by atoms with Crippen molar-refractivity contribution in [3.05, 3.63) is 29.6 Å². The first-order valence-corrected chi connectivity index (χ1v) is 4.89. The molecule has 78 valence electrons. The summed E-state index contributed by atoms with van der Waals surface area (Å²) in [5, 5.41) is 8.58. The SMILES string of the molecule is Nc1ccc(F)cc1CCCCCO. The van der Waals surface area contributed by atoms with Crippen molar-refractivity contribution >= 4 is 5.69 Å². The molecule has 0 bridgehead atoms. The molecule has 1 aromatic rings. The first-order chi connectivity index (χ1) is 6.74. The predicted molar refractivity (Wildman–Crippen MR) is 55.5 cm³/mol. The highest BCUT2D eigenvalue weighted by atomic mass is 19.1. The van der Waals surface area contributed by atoms with Crippen LogP contribution in [0.2, 0.25) is 0 Å². The Kier molecular flexibility index (Phi) is 4.40. The van der Waals surface area contributed by atoms with E-state index in [4.69, 9.17) is 10.8 Å². The molecule has 0 radical (unpaired) electrons. The predicted octanol–water partition coefficient (Wildman–Crippen LogP) is 2.11. The minimum absolute atomic E-state index is 0.221. The molecule has 0 aliphatic rings. The molecule has 0 atom stereocenters. The standard InChI is InChI=1S/C11H16FNO/c12-10-5-6-11(13)9(8-10)4-2-1-3-7-14/h5-6,8,14H,1-4,7,13H2. The van der Waals surface area contributed by atoms with Crippen LogP contribution >= 0.6 is 0 Å². The summed E-state index contributed by atoms with van der Waals surface area (Å²) < 4.78 is 12.8. The maximum absolute atomic E-state index is 12.8. The maximum atomic E-state index is 12.8. The van der Waals surface area contributed by atoms with Gasteiger partial charge in [0.1, 0.15) is 5.82 Å². The number of anilines is 1. The first kappa shape index (κ1) is 11.0. The minimum Gasteiger partial charge on any atom is -0.399 e. The second kappa shape index (κ2) is 5.60. The first-order valence-electron chi connectivity index (χ1n) is 4.89. The molecule has 0 saturated carbocycles. The van der Waals surface area contributed by atoms with Crippen LogP contribution in [0.3, 0.4) is 0 Å². The summed E-state index contributed by atoms with van der Waals surface area (Å²) in [6, 6.07) is 4.44. The largest absolute Gasteiger partial charge is 0.399 e. The van der Waals surface area contributed by atoms with Gasteiger partial charge in [-0.2, -0.15) is 0 Å². The number of benzene rings is 1. The van der Waals surface area contributed by atoms with Gasteiger partial charge in [0, 0.05) is 12.3 Å². The van der Waals surface area contributed by atoms with Gasteiger partial charge in [-0.1, -0.05) is 6.42 Å². The van der Waals surface area contributed by atoms with E-state index in [1.54, 1.807) is 6.07 Å².